The molecule has 0 aliphatic heterocycles. The van der Waals surface area contributed by atoms with Crippen LogP contribution in [0.15, 0.2) is 18.2 Å². The van der Waals surface area contributed by atoms with Crippen LogP contribution in [0.4, 0.5) is 0 Å². The molecule has 0 bridgehead atoms. The topological polar surface area (TPSA) is 40.5 Å². The number of benzene rings is 1. The number of phenols is 2. The number of hydrogen-bond acceptors (Lipinski definition) is 2. The Hall–Kier alpha value is -0.492. The van der Waals surface area contributed by atoms with Gasteiger partial charge in [-0.15, -0.1) is 12.1 Å². The molecule has 3 heteroatoms. The Morgan fingerprint density at radius 3 is 1.70 bits per heavy atom. The van der Waals surface area contributed by atoms with Gasteiger partial charge in [-0.2, -0.15) is 6.07 Å². The van der Waals surface area contributed by atoms with E-state index in [1.807, 2.05) is 0 Å². The van der Waals surface area contributed by atoms with Gasteiger partial charge in [0.15, 0.2) is 0 Å². The summed E-state index contributed by atoms with van der Waals surface area (Å²) in [5.74, 6) is 0.0648. The van der Waals surface area contributed by atoms with E-state index in [1.165, 1.54) is 18.2 Å². The fourth-order valence-corrected chi connectivity index (χ4v) is 0.447. The predicted molar refractivity (Wildman–Crippen MR) is 35.0 cm³/mol. The van der Waals surface area contributed by atoms with Crippen LogP contribution in [-0.2, 0) is 21.1 Å². The Balaban J connectivity index is 0. The van der Waals surface area contributed by atoms with Crippen LogP contribution in [-0.4, -0.2) is 10.2 Å². The van der Waals surface area contributed by atoms with Crippen molar-refractivity contribution in [3.05, 3.63) is 31.7 Å². The molecule has 0 radical (unpaired) electrons. The molecular weight excluding hydrogens is 300 g/mol. The molecule has 10 heavy (non-hydrogen) atoms. The number of rotatable bonds is 0. The molecule has 2 nitrogen and oxygen atoms in total. The van der Waals surface area contributed by atoms with Crippen molar-refractivity contribution in [2.24, 2.45) is 0 Å². The fourth-order valence-electron chi connectivity index (χ4n) is 0.447. The van der Waals surface area contributed by atoms with E-state index in [0.717, 1.165) is 0 Å². The van der Waals surface area contributed by atoms with Gasteiger partial charge in [-0.25, -0.2) is 0 Å². The number of aromatic hydroxyl groups is 2. The molecule has 0 atom stereocenters. The van der Waals surface area contributed by atoms with Crippen molar-refractivity contribution in [1.82, 2.24) is 0 Å². The summed E-state index contributed by atoms with van der Waals surface area (Å²) in [5, 5.41) is 17.2. The molecule has 0 heterocycles. The molecule has 0 aliphatic rings. The Labute approximate surface area is 74.8 Å². The number of hydrogen-bond donors (Lipinski definition) is 2. The molecule has 1 rings (SSSR count). The summed E-state index contributed by atoms with van der Waals surface area (Å²) in [5.41, 5.74) is 0. The quantitative estimate of drug-likeness (QED) is 0.710. The molecule has 0 spiro atoms. The third kappa shape index (κ3) is 3.52. The second-order valence-electron chi connectivity index (χ2n) is 1.45. The zero-order chi connectivity index (χ0) is 5.98. The molecule has 0 aliphatic carbocycles. The Kier molecular flexibility index (Phi) is 6.48. The Bertz CT molecular complexity index is 171. The van der Waals surface area contributed by atoms with Crippen LogP contribution in [0.2, 0.25) is 0 Å². The van der Waals surface area contributed by atoms with E-state index in [1.54, 1.807) is 0 Å². The van der Waals surface area contributed by atoms with Gasteiger partial charge < -0.3 is 17.6 Å². The van der Waals surface area contributed by atoms with Gasteiger partial charge in [-0.05, 0) is 0 Å². The predicted octanol–water partition coefficient (Wildman–Crippen LogP) is 1.35. The summed E-state index contributed by atoms with van der Waals surface area (Å²) < 4.78 is 0. The first-order valence-corrected chi connectivity index (χ1v) is 2.18. The van der Waals surface area contributed by atoms with E-state index in [4.69, 9.17) is 10.2 Å². The van der Waals surface area contributed by atoms with Gasteiger partial charge >= 0.3 is 21.1 Å². The molecular formula is C7H8O2W. The average molecular weight is 308 g/mol. The van der Waals surface area contributed by atoms with Crippen molar-refractivity contribution in [2.75, 3.05) is 0 Å². The smallest absolute Gasteiger partial charge is 0.566 e. The molecule has 0 saturated heterocycles. The molecule has 1 aromatic carbocycles. The third-order valence-corrected chi connectivity index (χ3v) is 0.758. The van der Waals surface area contributed by atoms with Crippen molar-refractivity contribution in [1.29, 1.82) is 0 Å². The standard InChI is InChI=1S/C6H5O2.CH3.W/c7-5-2-1-3-6(8)4-5;;/h2-4,7-8H;1H3;/q2*-1;+2. The maximum absolute atomic E-state index is 8.62. The van der Waals surface area contributed by atoms with Gasteiger partial charge in [-0.3, -0.25) is 0 Å². The Morgan fingerprint density at radius 2 is 1.50 bits per heavy atom. The van der Waals surface area contributed by atoms with E-state index in [-0.39, 0.29) is 40.0 Å². The molecule has 0 fully saturated rings. The van der Waals surface area contributed by atoms with Gasteiger partial charge in [0.2, 0.25) is 0 Å². The largest absolute Gasteiger partial charge is 2.00 e. The summed E-state index contributed by atoms with van der Waals surface area (Å²) in [6.07, 6.45) is 0. The third-order valence-electron chi connectivity index (χ3n) is 0.758. The summed E-state index contributed by atoms with van der Waals surface area (Å²) in [6, 6.07) is 6.52. The molecule has 0 unspecified atom stereocenters. The van der Waals surface area contributed by atoms with Crippen molar-refractivity contribution in [3.8, 4) is 11.5 Å². The van der Waals surface area contributed by atoms with Gasteiger partial charge in [0, 0.05) is 11.5 Å². The monoisotopic (exact) mass is 308 g/mol. The number of phenolic OH excluding ortho intramolecular Hbond substituents is 2. The second kappa shape index (κ2) is 5.31. The van der Waals surface area contributed by atoms with E-state index in [0.29, 0.717) is 0 Å². The summed E-state index contributed by atoms with van der Waals surface area (Å²) in [7, 11) is 0. The van der Waals surface area contributed by atoms with E-state index in [9.17, 15) is 0 Å². The van der Waals surface area contributed by atoms with Crippen LogP contribution in [0.5, 0.6) is 11.5 Å². The molecule has 0 amide bonds. The zero-order valence-corrected chi connectivity index (χ0v) is 8.47. The van der Waals surface area contributed by atoms with Crippen LogP contribution in [0.25, 0.3) is 0 Å². The zero-order valence-electron chi connectivity index (χ0n) is 5.53. The van der Waals surface area contributed by atoms with Crippen molar-refractivity contribution >= 4 is 0 Å². The first-order valence-electron chi connectivity index (χ1n) is 2.18. The van der Waals surface area contributed by atoms with Crippen LogP contribution in [0.3, 0.4) is 0 Å². The van der Waals surface area contributed by atoms with Gasteiger partial charge in [0.05, 0.1) is 0 Å². The van der Waals surface area contributed by atoms with Crippen molar-refractivity contribution < 1.29 is 31.3 Å². The molecule has 1 aromatic rings. The molecule has 2 N–H and O–H groups in total. The van der Waals surface area contributed by atoms with Crippen molar-refractivity contribution in [3.63, 3.8) is 0 Å². The van der Waals surface area contributed by atoms with Crippen LogP contribution in [0.1, 0.15) is 0 Å². The minimum absolute atomic E-state index is 0. The van der Waals surface area contributed by atoms with E-state index >= 15 is 0 Å². The van der Waals surface area contributed by atoms with E-state index in [2.05, 4.69) is 6.07 Å². The maximum Gasteiger partial charge on any atom is 2.00 e. The van der Waals surface area contributed by atoms with Gasteiger partial charge in [0.1, 0.15) is 0 Å². The summed E-state index contributed by atoms with van der Waals surface area (Å²) in [6.45, 7) is 0. The van der Waals surface area contributed by atoms with Gasteiger partial charge in [0.25, 0.3) is 0 Å². The summed E-state index contributed by atoms with van der Waals surface area (Å²) >= 11 is 0. The van der Waals surface area contributed by atoms with Crippen molar-refractivity contribution in [2.45, 2.75) is 0 Å². The Morgan fingerprint density at radius 1 is 1.10 bits per heavy atom. The van der Waals surface area contributed by atoms with Gasteiger partial charge in [-0.1, -0.05) is 6.07 Å². The maximum atomic E-state index is 8.62. The molecule has 54 valence electrons. The first kappa shape index (κ1) is 12.2. The average Bonchev–Trinajstić information content (AvgIpc) is 1.64. The fraction of sp³-hybridized carbons (Fsp3) is 0. The minimum atomic E-state index is 0. The normalized spacial score (nSPS) is 7.20. The SMILES string of the molecule is Oc1c[c-]cc(O)c1.[CH3-].[W+2]. The van der Waals surface area contributed by atoms with Crippen LogP contribution in [0, 0.1) is 13.5 Å². The second-order valence-corrected chi connectivity index (χ2v) is 1.45. The summed E-state index contributed by atoms with van der Waals surface area (Å²) in [4.78, 5) is 0. The minimum Gasteiger partial charge on any atom is -0.566 e. The molecule has 0 aromatic heterocycles. The van der Waals surface area contributed by atoms with E-state index < -0.39 is 0 Å². The van der Waals surface area contributed by atoms with Crippen LogP contribution < -0.4 is 0 Å². The first-order chi connectivity index (χ1) is 3.79. The van der Waals surface area contributed by atoms with Crippen LogP contribution >= 0.6 is 0 Å². The molecule has 0 saturated carbocycles.